The highest BCUT2D eigenvalue weighted by Gasteiger charge is 2.11. The number of hydrogen-bond acceptors (Lipinski definition) is 4. The van der Waals surface area contributed by atoms with Gasteiger partial charge in [-0.2, -0.15) is 0 Å². The van der Waals surface area contributed by atoms with Gasteiger partial charge in [0, 0.05) is 23.4 Å². The van der Waals surface area contributed by atoms with Crippen LogP contribution in [0, 0.1) is 6.92 Å². The molecule has 0 radical (unpaired) electrons. The first-order valence-electron chi connectivity index (χ1n) is 6.18. The number of nitrogens with one attached hydrogen (secondary N) is 1. The Balaban J connectivity index is 2.70. The van der Waals surface area contributed by atoms with Gasteiger partial charge in [0.1, 0.15) is 5.75 Å². The van der Waals surface area contributed by atoms with E-state index in [1.807, 2.05) is 19.9 Å². The van der Waals surface area contributed by atoms with E-state index in [1.54, 1.807) is 13.2 Å². The number of methoxy groups -OCH3 is 1. The number of halogens is 1. The van der Waals surface area contributed by atoms with E-state index in [-0.39, 0.29) is 11.5 Å². The fourth-order valence-corrected chi connectivity index (χ4v) is 3.12. The van der Waals surface area contributed by atoms with Crippen LogP contribution < -0.4 is 10.1 Å². The molecule has 108 valence electrons. The van der Waals surface area contributed by atoms with Gasteiger partial charge in [-0.25, -0.2) is 8.42 Å². The van der Waals surface area contributed by atoms with Crippen molar-refractivity contribution >= 4 is 27.1 Å². The normalized spacial score (nSPS) is 11.4. The third kappa shape index (κ3) is 4.91. The fraction of sp³-hybridized carbons (Fsp3) is 0.538. The minimum Gasteiger partial charge on any atom is -0.495 e. The minimum absolute atomic E-state index is 0.117. The van der Waals surface area contributed by atoms with E-state index in [1.165, 1.54) is 0 Å². The summed E-state index contributed by atoms with van der Waals surface area (Å²) in [5.41, 5.74) is 1.68. The molecule has 0 saturated carbocycles. The summed E-state index contributed by atoms with van der Waals surface area (Å²) in [6, 6.07) is 3.58. The predicted molar refractivity (Wildman–Crippen MR) is 80.2 cm³/mol. The quantitative estimate of drug-likeness (QED) is 0.841. The second-order valence-corrected chi connectivity index (χ2v) is 7.09. The smallest absolute Gasteiger partial charge is 0.152 e. The van der Waals surface area contributed by atoms with E-state index >= 15 is 0 Å². The Morgan fingerprint density at radius 3 is 2.58 bits per heavy atom. The van der Waals surface area contributed by atoms with Crippen LogP contribution in [0.15, 0.2) is 12.1 Å². The van der Waals surface area contributed by atoms with Gasteiger partial charge in [0.25, 0.3) is 0 Å². The first-order valence-corrected chi connectivity index (χ1v) is 8.38. The summed E-state index contributed by atoms with van der Waals surface area (Å²) in [5, 5.41) is 3.71. The maximum atomic E-state index is 11.6. The van der Waals surface area contributed by atoms with Crippen molar-refractivity contribution in [3.63, 3.8) is 0 Å². The van der Waals surface area contributed by atoms with E-state index in [4.69, 9.17) is 16.3 Å². The van der Waals surface area contributed by atoms with Crippen LogP contribution in [-0.4, -0.2) is 33.6 Å². The van der Waals surface area contributed by atoms with Crippen LogP contribution in [0.2, 0.25) is 5.02 Å². The largest absolute Gasteiger partial charge is 0.495 e. The molecule has 0 amide bonds. The van der Waals surface area contributed by atoms with Gasteiger partial charge < -0.3 is 10.1 Å². The number of anilines is 1. The van der Waals surface area contributed by atoms with Crippen LogP contribution in [0.5, 0.6) is 5.75 Å². The average molecular weight is 306 g/mol. The molecule has 0 fully saturated rings. The molecule has 0 heterocycles. The lowest BCUT2D eigenvalue weighted by Gasteiger charge is -2.13. The Labute approximate surface area is 120 Å². The summed E-state index contributed by atoms with van der Waals surface area (Å²) in [6.45, 7) is 4.11. The van der Waals surface area contributed by atoms with E-state index in [0.717, 1.165) is 11.3 Å². The molecule has 1 N–H and O–H groups in total. The Morgan fingerprint density at radius 1 is 1.32 bits per heavy atom. The van der Waals surface area contributed by atoms with Gasteiger partial charge >= 0.3 is 0 Å². The lowest BCUT2D eigenvalue weighted by molar-refractivity contribution is 0.416. The molecule has 4 nitrogen and oxygen atoms in total. The summed E-state index contributed by atoms with van der Waals surface area (Å²) in [4.78, 5) is 0. The van der Waals surface area contributed by atoms with Crippen molar-refractivity contribution in [1.82, 2.24) is 0 Å². The van der Waals surface area contributed by atoms with Gasteiger partial charge in [-0.3, -0.25) is 0 Å². The lowest BCUT2D eigenvalue weighted by Crippen LogP contribution is -2.18. The van der Waals surface area contributed by atoms with E-state index in [0.29, 0.717) is 23.7 Å². The Morgan fingerprint density at radius 2 is 2.00 bits per heavy atom. The molecule has 0 spiro atoms. The first-order chi connectivity index (χ1) is 8.89. The molecule has 0 unspecified atom stereocenters. The second-order valence-electron chi connectivity index (χ2n) is 4.38. The van der Waals surface area contributed by atoms with Crippen molar-refractivity contribution in [3.8, 4) is 5.75 Å². The number of hydrogen-bond donors (Lipinski definition) is 1. The van der Waals surface area contributed by atoms with Crippen LogP contribution >= 0.6 is 11.6 Å². The van der Waals surface area contributed by atoms with E-state index in [2.05, 4.69) is 5.32 Å². The third-order valence-electron chi connectivity index (χ3n) is 2.72. The number of sulfone groups is 1. The van der Waals surface area contributed by atoms with Crippen molar-refractivity contribution in [2.24, 2.45) is 0 Å². The highest BCUT2D eigenvalue weighted by molar-refractivity contribution is 7.91. The molecule has 19 heavy (non-hydrogen) atoms. The Hall–Kier alpha value is -0.940. The molecule has 1 rings (SSSR count). The number of ether oxygens (including phenoxy) is 1. The zero-order valence-electron chi connectivity index (χ0n) is 11.5. The minimum atomic E-state index is -2.97. The molecule has 0 aliphatic rings. The van der Waals surface area contributed by atoms with Crippen molar-refractivity contribution in [1.29, 1.82) is 0 Å². The van der Waals surface area contributed by atoms with Crippen LogP contribution in [0.4, 0.5) is 5.69 Å². The van der Waals surface area contributed by atoms with Gasteiger partial charge in [-0.05, 0) is 25.0 Å². The third-order valence-corrected chi connectivity index (χ3v) is 4.99. The first kappa shape index (κ1) is 16.1. The SMILES string of the molecule is CCCS(=O)(=O)CCNc1cc(C)c(Cl)cc1OC. The molecule has 0 aromatic heterocycles. The maximum Gasteiger partial charge on any atom is 0.152 e. The summed E-state index contributed by atoms with van der Waals surface area (Å²) < 4.78 is 28.4. The van der Waals surface area contributed by atoms with E-state index in [9.17, 15) is 8.42 Å². The Bertz CT molecular complexity index is 529. The van der Waals surface area contributed by atoms with Crippen LogP contribution in [0.1, 0.15) is 18.9 Å². The van der Waals surface area contributed by atoms with Crippen LogP contribution in [-0.2, 0) is 9.84 Å². The zero-order chi connectivity index (χ0) is 14.5. The molecule has 0 atom stereocenters. The molecule has 0 saturated heterocycles. The molecule has 1 aromatic rings. The zero-order valence-corrected chi connectivity index (χ0v) is 13.1. The molecule has 0 bridgehead atoms. The summed E-state index contributed by atoms with van der Waals surface area (Å²) in [7, 11) is -1.41. The number of aryl methyl sites for hydroxylation is 1. The monoisotopic (exact) mass is 305 g/mol. The summed E-state index contributed by atoms with van der Waals surface area (Å²) in [6.07, 6.45) is 0.645. The average Bonchev–Trinajstić information content (AvgIpc) is 2.33. The van der Waals surface area contributed by atoms with Gasteiger partial charge in [-0.15, -0.1) is 0 Å². The fourth-order valence-electron chi connectivity index (χ4n) is 1.72. The molecular formula is C13H20ClNO3S. The summed E-state index contributed by atoms with van der Waals surface area (Å²) >= 11 is 6.01. The van der Waals surface area contributed by atoms with Crippen LogP contribution in [0.25, 0.3) is 0 Å². The number of rotatable bonds is 7. The molecular weight excluding hydrogens is 286 g/mol. The van der Waals surface area contributed by atoms with E-state index < -0.39 is 9.84 Å². The van der Waals surface area contributed by atoms with Crippen molar-refractivity contribution in [2.45, 2.75) is 20.3 Å². The van der Waals surface area contributed by atoms with Crippen molar-refractivity contribution in [3.05, 3.63) is 22.7 Å². The molecule has 6 heteroatoms. The van der Waals surface area contributed by atoms with Crippen LogP contribution in [0.3, 0.4) is 0 Å². The maximum absolute atomic E-state index is 11.6. The topological polar surface area (TPSA) is 55.4 Å². The molecule has 0 aliphatic heterocycles. The van der Waals surface area contributed by atoms with Gasteiger partial charge in [0.2, 0.25) is 0 Å². The van der Waals surface area contributed by atoms with Gasteiger partial charge in [0.05, 0.1) is 18.6 Å². The van der Waals surface area contributed by atoms with Gasteiger partial charge in [0.15, 0.2) is 9.84 Å². The second kappa shape index (κ2) is 7.01. The highest BCUT2D eigenvalue weighted by atomic mass is 35.5. The standard InChI is InChI=1S/C13H20ClNO3S/c1-4-6-19(16,17)7-5-15-12-8-10(2)11(14)9-13(12)18-3/h8-9,15H,4-7H2,1-3H3. The molecule has 0 aliphatic carbocycles. The van der Waals surface area contributed by atoms with Crippen molar-refractivity contribution < 1.29 is 13.2 Å². The van der Waals surface area contributed by atoms with Crippen molar-refractivity contribution in [2.75, 3.05) is 30.5 Å². The number of benzene rings is 1. The molecule has 1 aromatic carbocycles. The predicted octanol–water partition coefficient (Wildman–Crippen LogP) is 2.89. The Kier molecular flexibility index (Phi) is 5.94. The summed E-state index contributed by atoms with van der Waals surface area (Å²) in [5.74, 6) is 0.959. The highest BCUT2D eigenvalue weighted by Crippen LogP contribution is 2.30. The lowest BCUT2D eigenvalue weighted by atomic mass is 10.2. The van der Waals surface area contributed by atoms with Gasteiger partial charge in [-0.1, -0.05) is 18.5 Å².